The molecule has 88 valence electrons. The molecule has 1 rings (SSSR count). The zero-order chi connectivity index (χ0) is 11.8. The third kappa shape index (κ3) is 4.75. The molecule has 1 aromatic carbocycles. The molecule has 0 radical (unpaired) electrons. The predicted octanol–water partition coefficient (Wildman–Crippen LogP) is 2.38. The number of hydrogen-bond donors (Lipinski definition) is 0. The Labute approximate surface area is 100 Å². The van der Waals surface area contributed by atoms with E-state index in [-0.39, 0.29) is 0 Å². The maximum atomic E-state index is 5.76. The van der Waals surface area contributed by atoms with Crippen molar-refractivity contribution in [3.8, 4) is 0 Å². The average molecular weight is 236 g/mol. The molecule has 3 heteroatoms. The molecule has 16 heavy (non-hydrogen) atoms. The molecule has 0 N–H and O–H groups in total. The van der Waals surface area contributed by atoms with E-state index in [0.29, 0.717) is 12.1 Å². The van der Waals surface area contributed by atoms with E-state index in [1.54, 1.807) is 7.11 Å². The van der Waals surface area contributed by atoms with Gasteiger partial charge in [-0.2, -0.15) is 0 Å². The minimum atomic E-state index is -0.489. The summed E-state index contributed by atoms with van der Waals surface area (Å²) in [5, 5.41) is 0. The molecule has 0 bridgehead atoms. The second kappa shape index (κ2) is 7.38. The van der Waals surface area contributed by atoms with Crippen LogP contribution in [0.5, 0.6) is 0 Å². The smallest absolute Gasteiger partial charge is 0.167 e. The van der Waals surface area contributed by atoms with Gasteiger partial charge in [-0.3, -0.25) is 0 Å². The van der Waals surface area contributed by atoms with Gasteiger partial charge in [0.2, 0.25) is 0 Å². The van der Waals surface area contributed by atoms with Crippen LogP contribution >= 0.6 is 0 Å². The van der Waals surface area contributed by atoms with E-state index >= 15 is 0 Å². The first-order valence-corrected chi connectivity index (χ1v) is 6.93. The fraction of sp³-hybridized carbons (Fsp3) is 0.385. The highest BCUT2D eigenvalue weighted by Gasteiger charge is 2.02. The van der Waals surface area contributed by atoms with Crippen molar-refractivity contribution in [3.05, 3.63) is 42.0 Å². The fourth-order valence-electron chi connectivity index (χ4n) is 1.52. The molecule has 0 aromatic heterocycles. The summed E-state index contributed by atoms with van der Waals surface area (Å²) in [5.41, 5.74) is 2.94. The molecule has 0 spiro atoms. The summed E-state index contributed by atoms with van der Waals surface area (Å²) in [6.45, 7) is 7.45. The highest BCUT2D eigenvalue weighted by molar-refractivity contribution is 6.29. The van der Waals surface area contributed by atoms with Crippen molar-refractivity contribution in [1.82, 2.24) is 0 Å². The maximum Gasteiger partial charge on any atom is 0.167 e. The second-order valence-corrected chi connectivity index (χ2v) is 6.16. The van der Waals surface area contributed by atoms with Gasteiger partial charge in [-0.05, 0) is 22.7 Å². The minimum absolute atomic E-state index is 0.489. The topological polar surface area (TPSA) is 18.5 Å². The number of methoxy groups -OCH3 is 1. The van der Waals surface area contributed by atoms with Gasteiger partial charge >= 0.3 is 0 Å². The van der Waals surface area contributed by atoms with E-state index in [4.69, 9.17) is 9.16 Å². The lowest BCUT2D eigenvalue weighted by molar-refractivity contribution is 0.191. The normalized spacial score (nSPS) is 13.1. The van der Waals surface area contributed by atoms with E-state index in [2.05, 4.69) is 25.6 Å². The lowest BCUT2D eigenvalue weighted by Crippen LogP contribution is -2.10. The van der Waals surface area contributed by atoms with Crippen molar-refractivity contribution in [3.63, 3.8) is 0 Å². The Bertz CT molecular complexity index is 325. The molecule has 0 saturated heterocycles. The first kappa shape index (κ1) is 13.2. The van der Waals surface area contributed by atoms with Crippen LogP contribution in [0.2, 0.25) is 5.54 Å². The quantitative estimate of drug-likeness (QED) is 0.677. The van der Waals surface area contributed by atoms with E-state index in [1.165, 1.54) is 5.56 Å². The van der Waals surface area contributed by atoms with Gasteiger partial charge in [-0.1, -0.05) is 37.8 Å². The van der Waals surface area contributed by atoms with Gasteiger partial charge in [0.1, 0.15) is 0 Å². The summed E-state index contributed by atoms with van der Waals surface area (Å²) < 4.78 is 10.8. The minimum Gasteiger partial charge on any atom is -0.419 e. The number of ether oxygens (including phenoxy) is 1. The molecule has 2 nitrogen and oxygen atoms in total. The number of hydrogen-bond acceptors (Lipinski definition) is 2. The van der Waals surface area contributed by atoms with Crippen molar-refractivity contribution in [1.29, 1.82) is 0 Å². The van der Waals surface area contributed by atoms with Gasteiger partial charge in [0.25, 0.3) is 0 Å². The summed E-state index contributed by atoms with van der Waals surface area (Å²) in [4.78, 5) is 0. The third-order valence-corrected chi connectivity index (χ3v) is 3.55. The molecule has 0 saturated carbocycles. The maximum absolute atomic E-state index is 5.76. The Kier molecular flexibility index (Phi) is 6.07. The molecule has 1 unspecified atom stereocenters. The van der Waals surface area contributed by atoms with Gasteiger partial charge in [-0.15, -0.1) is 0 Å². The molecule has 1 atom stereocenters. The van der Waals surface area contributed by atoms with Gasteiger partial charge < -0.3 is 9.16 Å². The highest BCUT2D eigenvalue weighted by atomic mass is 28.2. The molecule has 1 aromatic rings. The Morgan fingerprint density at radius 3 is 3.00 bits per heavy atom. The Morgan fingerprint density at radius 1 is 1.50 bits per heavy atom. The van der Waals surface area contributed by atoms with Crippen LogP contribution in [0.25, 0.3) is 6.08 Å². The van der Waals surface area contributed by atoms with Crippen LogP contribution in [0, 0.1) is 0 Å². The molecule has 0 fully saturated rings. The summed E-state index contributed by atoms with van der Waals surface area (Å²) >= 11 is 0. The summed E-state index contributed by atoms with van der Waals surface area (Å²) in [7, 11) is 1.25. The predicted molar refractivity (Wildman–Crippen MR) is 71.2 cm³/mol. The first-order valence-electron chi connectivity index (χ1n) is 5.54. The molecule has 0 aliphatic heterocycles. The molecule has 0 aliphatic rings. The van der Waals surface area contributed by atoms with Gasteiger partial charge in [0.15, 0.2) is 9.76 Å². The average Bonchev–Trinajstić information content (AvgIpc) is 2.30. The van der Waals surface area contributed by atoms with E-state index in [9.17, 15) is 0 Å². The van der Waals surface area contributed by atoms with Crippen molar-refractivity contribution in [2.24, 2.45) is 0 Å². The van der Waals surface area contributed by atoms with Crippen molar-refractivity contribution >= 4 is 15.8 Å². The Morgan fingerprint density at radius 2 is 2.31 bits per heavy atom. The summed E-state index contributed by atoms with van der Waals surface area (Å²) in [6, 6.07) is 8.28. The standard InChI is InChI=1S/C13H20O2Si/c1-4-12-6-5-7-13(8-12)10-15-16-11(2)9-14-3/h4-8,11H,1,9-10,16H2,2-3H3. The van der Waals surface area contributed by atoms with Gasteiger partial charge in [0, 0.05) is 13.7 Å². The summed E-state index contributed by atoms with van der Waals surface area (Å²) in [5.74, 6) is 0. The SMILES string of the molecule is C=Cc1cccc(CO[SiH2]C(C)COC)c1. The van der Waals surface area contributed by atoms with Crippen molar-refractivity contribution in [2.75, 3.05) is 13.7 Å². The molecule has 0 aliphatic carbocycles. The third-order valence-electron chi connectivity index (χ3n) is 2.31. The van der Waals surface area contributed by atoms with Crippen molar-refractivity contribution in [2.45, 2.75) is 19.1 Å². The number of rotatable bonds is 7. The molecule has 0 amide bonds. The van der Waals surface area contributed by atoms with E-state index in [0.717, 1.165) is 12.2 Å². The largest absolute Gasteiger partial charge is 0.419 e. The van der Waals surface area contributed by atoms with Gasteiger partial charge in [-0.25, -0.2) is 0 Å². The van der Waals surface area contributed by atoms with Crippen LogP contribution in [-0.4, -0.2) is 23.5 Å². The van der Waals surface area contributed by atoms with E-state index in [1.807, 2.05) is 18.2 Å². The van der Waals surface area contributed by atoms with Crippen LogP contribution in [0.15, 0.2) is 30.8 Å². The van der Waals surface area contributed by atoms with Crippen molar-refractivity contribution < 1.29 is 9.16 Å². The van der Waals surface area contributed by atoms with Crippen LogP contribution in [0.4, 0.5) is 0 Å². The van der Waals surface area contributed by atoms with Gasteiger partial charge in [0.05, 0.1) is 6.61 Å². The van der Waals surface area contributed by atoms with Crippen LogP contribution < -0.4 is 0 Å². The summed E-state index contributed by atoms with van der Waals surface area (Å²) in [6.07, 6.45) is 1.86. The number of benzene rings is 1. The highest BCUT2D eigenvalue weighted by Crippen LogP contribution is 2.09. The molecular formula is C13H20O2Si. The van der Waals surface area contributed by atoms with Crippen LogP contribution in [0.1, 0.15) is 18.1 Å². The zero-order valence-electron chi connectivity index (χ0n) is 10.1. The lowest BCUT2D eigenvalue weighted by atomic mass is 10.1. The van der Waals surface area contributed by atoms with Crippen LogP contribution in [0.3, 0.4) is 0 Å². The molecule has 0 heterocycles. The first-order chi connectivity index (χ1) is 7.76. The Hall–Kier alpha value is -0.903. The fourth-order valence-corrected chi connectivity index (χ4v) is 2.61. The van der Waals surface area contributed by atoms with E-state index < -0.39 is 9.76 Å². The van der Waals surface area contributed by atoms with Crippen LogP contribution in [-0.2, 0) is 15.8 Å². The molecular weight excluding hydrogens is 216 g/mol. The Balaban J connectivity index is 2.33. The monoisotopic (exact) mass is 236 g/mol. The second-order valence-electron chi connectivity index (χ2n) is 4.02. The zero-order valence-corrected chi connectivity index (χ0v) is 11.5. The lowest BCUT2D eigenvalue weighted by Gasteiger charge is -2.10.